The number of carbonyl (C=O) groups is 2. The number of aryl methyl sites for hydroxylation is 1. The van der Waals surface area contributed by atoms with Gasteiger partial charge in [0.25, 0.3) is 0 Å². The molecule has 0 aliphatic heterocycles. The van der Waals surface area contributed by atoms with Crippen LogP contribution in [0.4, 0.5) is 16.2 Å². The Bertz CT molecular complexity index is 669. The van der Waals surface area contributed by atoms with Gasteiger partial charge in [-0.15, -0.1) is 11.8 Å². The zero-order chi connectivity index (χ0) is 16.7. The standard InChI is InChI=1S/C17H19N3O2S/c1-12-2-8-15(9-3-12)23-11-10-16(21)19-13-4-6-14(7-5-13)20-17(18)22/h2-9H,10-11H2,1H3,(H,19,21)(H3,18,20,22). The minimum Gasteiger partial charge on any atom is -0.351 e. The van der Waals surface area contributed by atoms with Gasteiger partial charge >= 0.3 is 6.03 Å². The van der Waals surface area contributed by atoms with Gasteiger partial charge < -0.3 is 16.4 Å². The second-order valence-corrected chi connectivity index (χ2v) is 6.19. The third-order valence-electron chi connectivity index (χ3n) is 3.06. The summed E-state index contributed by atoms with van der Waals surface area (Å²) < 4.78 is 0. The van der Waals surface area contributed by atoms with Crippen LogP contribution < -0.4 is 16.4 Å². The Morgan fingerprint density at radius 2 is 1.52 bits per heavy atom. The number of rotatable bonds is 6. The van der Waals surface area contributed by atoms with Crippen molar-refractivity contribution in [1.29, 1.82) is 0 Å². The van der Waals surface area contributed by atoms with Crippen molar-refractivity contribution < 1.29 is 9.59 Å². The number of carbonyl (C=O) groups excluding carboxylic acids is 2. The number of hydrogen-bond acceptors (Lipinski definition) is 3. The predicted molar refractivity (Wildman–Crippen MR) is 94.8 cm³/mol. The molecule has 0 radical (unpaired) electrons. The Balaban J connectivity index is 1.76. The van der Waals surface area contributed by atoms with Crippen LogP contribution in [0.3, 0.4) is 0 Å². The molecule has 2 aromatic carbocycles. The fourth-order valence-corrected chi connectivity index (χ4v) is 2.75. The molecule has 2 rings (SSSR count). The smallest absolute Gasteiger partial charge is 0.316 e. The second kappa shape index (κ2) is 8.24. The van der Waals surface area contributed by atoms with E-state index in [0.29, 0.717) is 17.8 Å². The van der Waals surface area contributed by atoms with Crippen LogP contribution in [0.15, 0.2) is 53.4 Å². The molecule has 4 N–H and O–H groups in total. The molecule has 0 aliphatic carbocycles. The van der Waals surface area contributed by atoms with Gasteiger partial charge in [-0.25, -0.2) is 4.79 Å². The van der Waals surface area contributed by atoms with Crippen molar-refractivity contribution in [2.24, 2.45) is 5.73 Å². The van der Waals surface area contributed by atoms with Gasteiger partial charge in [0.1, 0.15) is 0 Å². The molecule has 0 saturated carbocycles. The van der Waals surface area contributed by atoms with E-state index in [1.165, 1.54) is 5.56 Å². The Morgan fingerprint density at radius 3 is 2.09 bits per heavy atom. The van der Waals surface area contributed by atoms with E-state index in [1.807, 2.05) is 6.92 Å². The van der Waals surface area contributed by atoms with Gasteiger partial charge in [-0.1, -0.05) is 17.7 Å². The van der Waals surface area contributed by atoms with E-state index < -0.39 is 6.03 Å². The lowest BCUT2D eigenvalue weighted by molar-refractivity contribution is -0.115. The van der Waals surface area contributed by atoms with E-state index in [0.717, 1.165) is 10.6 Å². The Morgan fingerprint density at radius 1 is 0.957 bits per heavy atom. The van der Waals surface area contributed by atoms with Crippen LogP contribution in [0, 0.1) is 6.92 Å². The van der Waals surface area contributed by atoms with Crippen molar-refractivity contribution in [2.75, 3.05) is 16.4 Å². The lowest BCUT2D eigenvalue weighted by Crippen LogP contribution is -2.19. The van der Waals surface area contributed by atoms with Crippen LogP contribution in [0.25, 0.3) is 0 Å². The highest BCUT2D eigenvalue weighted by atomic mass is 32.2. The maximum atomic E-state index is 11.9. The topological polar surface area (TPSA) is 84.2 Å². The van der Waals surface area contributed by atoms with Gasteiger partial charge in [0.15, 0.2) is 0 Å². The summed E-state index contributed by atoms with van der Waals surface area (Å²) in [5, 5.41) is 5.29. The van der Waals surface area contributed by atoms with E-state index in [4.69, 9.17) is 5.73 Å². The third-order valence-corrected chi connectivity index (χ3v) is 4.07. The van der Waals surface area contributed by atoms with Crippen LogP contribution >= 0.6 is 11.8 Å². The molecule has 0 heterocycles. The Kier molecular flexibility index (Phi) is 6.05. The average Bonchev–Trinajstić information content (AvgIpc) is 2.51. The molecule has 0 aliphatic rings. The van der Waals surface area contributed by atoms with Crippen molar-refractivity contribution in [3.05, 3.63) is 54.1 Å². The fourth-order valence-electron chi connectivity index (χ4n) is 1.90. The molecule has 0 spiro atoms. The van der Waals surface area contributed by atoms with Gasteiger partial charge in [-0.3, -0.25) is 4.79 Å². The minimum atomic E-state index is -0.616. The zero-order valence-electron chi connectivity index (χ0n) is 12.8. The molecular formula is C17H19N3O2S. The number of anilines is 2. The number of hydrogen-bond donors (Lipinski definition) is 3. The molecule has 0 aromatic heterocycles. The second-order valence-electron chi connectivity index (χ2n) is 5.03. The number of nitrogens with two attached hydrogens (primary N) is 1. The maximum Gasteiger partial charge on any atom is 0.316 e. The first-order valence-electron chi connectivity index (χ1n) is 7.19. The molecule has 0 unspecified atom stereocenters. The number of nitrogens with one attached hydrogen (secondary N) is 2. The molecule has 0 saturated heterocycles. The molecule has 0 fully saturated rings. The first kappa shape index (κ1) is 16.9. The molecule has 0 bridgehead atoms. The van der Waals surface area contributed by atoms with Crippen LogP contribution in [-0.2, 0) is 4.79 Å². The Labute approximate surface area is 139 Å². The van der Waals surface area contributed by atoms with Gasteiger partial charge in [0.05, 0.1) is 0 Å². The van der Waals surface area contributed by atoms with Crippen molar-refractivity contribution in [2.45, 2.75) is 18.2 Å². The number of benzene rings is 2. The molecule has 6 heteroatoms. The molecular weight excluding hydrogens is 310 g/mol. The normalized spacial score (nSPS) is 10.1. The highest BCUT2D eigenvalue weighted by Gasteiger charge is 2.04. The molecule has 23 heavy (non-hydrogen) atoms. The summed E-state index contributed by atoms with van der Waals surface area (Å²) in [6, 6.07) is 14.4. The van der Waals surface area contributed by atoms with Gasteiger partial charge in [-0.05, 0) is 43.3 Å². The van der Waals surface area contributed by atoms with Crippen molar-refractivity contribution in [1.82, 2.24) is 0 Å². The summed E-state index contributed by atoms with van der Waals surface area (Å²) >= 11 is 1.66. The largest absolute Gasteiger partial charge is 0.351 e. The first-order chi connectivity index (χ1) is 11.0. The molecule has 2 aromatic rings. The SMILES string of the molecule is Cc1ccc(SCCC(=O)Nc2ccc(NC(N)=O)cc2)cc1. The highest BCUT2D eigenvalue weighted by molar-refractivity contribution is 7.99. The van der Waals surface area contributed by atoms with E-state index in [9.17, 15) is 9.59 Å². The van der Waals surface area contributed by atoms with Gasteiger partial charge in [-0.2, -0.15) is 0 Å². The summed E-state index contributed by atoms with van der Waals surface area (Å²) in [7, 11) is 0. The first-order valence-corrected chi connectivity index (χ1v) is 8.17. The summed E-state index contributed by atoms with van der Waals surface area (Å²) in [6.45, 7) is 2.05. The summed E-state index contributed by atoms with van der Waals surface area (Å²) in [5.74, 6) is 0.677. The number of primary amides is 1. The maximum absolute atomic E-state index is 11.9. The van der Waals surface area contributed by atoms with Crippen molar-refractivity contribution >= 4 is 35.1 Å². The van der Waals surface area contributed by atoms with Crippen molar-refractivity contribution in [3.63, 3.8) is 0 Å². The molecule has 120 valence electrons. The fraction of sp³-hybridized carbons (Fsp3) is 0.176. The lowest BCUT2D eigenvalue weighted by atomic mass is 10.2. The van der Waals surface area contributed by atoms with Gasteiger partial charge in [0, 0.05) is 28.4 Å². The third kappa shape index (κ3) is 6.04. The van der Waals surface area contributed by atoms with E-state index in [1.54, 1.807) is 36.0 Å². The molecule has 0 atom stereocenters. The van der Waals surface area contributed by atoms with E-state index >= 15 is 0 Å². The van der Waals surface area contributed by atoms with E-state index in [2.05, 4.69) is 34.9 Å². The van der Waals surface area contributed by atoms with Gasteiger partial charge in [0.2, 0.25) is 5.91 Å². The quantitative estimate of drug-likeness (QED) is 0.708. The minimum absolute atomic E-state index is 0.0415. The number of amides is 3. The molecule has 3 amide bonds. The van der Waals surface area contributed by atoms with Crippen molar-refractivity contribution in [3.8, 4) is 0 Å². The van der Waals surface area contributed by atoms with Crippen LogP contribution in [0.2, 0.25) is 0 Å². The predicted octanol–water partition coefficient (Wildman–Crippen LogP) is 3.61. The van der Waals surface area contributed by atoms with Crippen LogP contribution in [0.1, 0.15) is 12.0 Å². The summed E-state index contributed by atoms with van der Waals surface area (Å²) in [5.41, 5.74) is 7.53. The Hall–Kier alpha value is -2.47. The lowest BCUT2D eigenvalue weighted by Gasteiger charge is -2.07. The highest BCUT2D eigenvalue weighted by Crippen LogP contribution is 2.19. The van der Waals surface area contributed by atoms with Crippen LogP contribution in [0.5, 0.6) is 0 Å². The number of urea groups is 1. The summed E-state index contributed by atoms with van der Waals surface area (Å²) in [4.78, 5) is 23.8. The number of thioether (sulfide) groups is 1. The summed E-state index contributed by atoms with van der Waals surface area (Å²) in [6.07, 6.45) is 0.430. The molecule has 5 nitrogen and oxygen atoms in total. The van der Waals surface area contributed by atoms with E-state index in [-0.39, 0.29) is 5.91 Å². The van der Waals surface area contributed by atoms with Crippen LogP contribution in [-0.4, -0.2) is 17.7 Å². The monoisotopic (exact) mass is 329 g/mol. The zero-order valence-corrected chi connectivity index (χ0v) is 13.7. The average molecular weight is 329 g/mol.